The summed E-state index contributed by atoms with van der Waals surface area (Å²) < 4.78 is 16.9. The van der Waals surface area contributed by atoms with Crippen LogP contribution in [0.15, 0.2) is 60.8 Å². The van der Waals surface area contributed by atoms with Crippen LogP contribution in [0.2, 0.25) is 0 Å². The van der Waals surface area contributed by atoms with E-state index < -0.39 is 6.10 Å². The molecule has 0 aliphatic rings. The van der Waals surface area contributed by atoms with Gasteiger partial charge in [-0.2, -0.15) is 0 Å². The summed E-state index contributed by atoms with van der Waals surface area (Å²) in [5, 5.41) is 0. The molecule has 0 spiro atoms. The van der Waals surface area contributed by atoms with Crippen LogP contribution in [0.5, 0.6) is 0 Å². The molecular weight excluding hydrogens is 949 g/mol. The van der Waals surface area contributed by atoms with E-state index in [2.05, 4.69) is 81.5 Å². The molecule has 0 aromatic carbocycles. The molecule has 0 amide bonds. The molecule has 0 fully saturated rings. The van der Waals surface area contributed by atoms with Gasteiger partial charge < -0.3 is 14.2 Å². The molecule has 6 heteroatoms. The highest BCUT2D eigenvalue weighted by Gasteiger charge is 2.19. The maximum atomic E-state index is 12.9. The van der Waals surface area contributed by atoms with Crippen molar-refractivity contribution < 1.29 is 28.6 Å². The smallest absolute Gasteiger partial charge is 0.306 e. The zero-order valence-corrected chi connectivity index (χ0v) is 51.5. The van der Waals surface area contributed by atoms with Crippen LogP contribution in [-0.4, -0.2) is 37.2 Å². The van der Waals surface area contributed by atoms with Crippen molar-refractivity contribution in [3.05, 3.63) is 60.8 Å². The van der Waals surface area contributed by atoms with E-state index in [9.17, 15) is 14.4 Å². The summed E-state index contributed by atoms with van der Waals surface area (Å²) in [6.07, 6.45) is 84.0. The summed E-state index contributed by atoms with van der Waals surface area (Å²) in [5.41, 5.74) is 0. The van der Waals surface area contributed by atoms with Crippen LogP contribution >= 0.6 is 0 Å². The number of rotatable bonds is 62. The molecular formula is C71H128O6. The van der Waals surface area contributed by atoms with Gasteiger partial charge in [-0.15, -0.1) is 0 Å². The van der Waals surface area contributed by atoms with E-state index >= 15 is 0 Å². The van der Waals surface area contributed by atoms with Gasteiger partial charge in [0, 0.05) is 19.3 Å². The van der Waals surface area contributed by atoms with E-state index in [4.69, 9.17) is 14.2 Å². The average Bonchev–Trinajstić information content (AvgIpc) is 3.43. The maximum Gasteiger partial charge on any atom is 0.306 e. The fraction of sp³-hybridized carbons (Fsp3) is 0.817. The van der Waals surface area contributed by atoms with Gasteiger partial charge in [0.2, 0.25) is 0 Å². The number of hydrogen-bond donors (Lipinski definition) is 0. The average molecular weight is 1080 g/mol. The van der Waals surface area contributed by atoms with Crippen LogP contribution in [0, 0.1) is 0 Å². The molecule has 0 radical (unpaired) electrons. The Morgan fingerprint density at radius 3 is 0.779 bits per heavy atom. The van der Waals surface area contributed by atoms with E-state index in [0.29, 0.717) is 19.3 Å². The first-order chi connectivity index (χ1) is 38.0. The van der Waals surface area contributed by atoms with Crippen molar-refractivity contribution in [2.24, 2.45) is 0 Å². The van der Waals surface area contributed by atoms with Gasteiger partial charge in [0.25, 0.3) is 0 Å². The van der Waals surface area contributed by atoms with E-state index in [1.807, 2.05) is 0 Å². The molecule has 6 nitrogen and oxygen atoms in total. The summed E-state index contributed by atoms with van der Waals surface area (Å²) in [7, 11) is 0. The van der Waals surface area contributed by atoms with Crippen molar-refractivity contribution in [2.75, 3.05) is 13.2 Å². The summed E-state index contributed by atoms with van der Waals surface area (Å²) in [4.78, 5) is 38.2. The zero-order chi connectivity index (χ0) is 55.7. The lowest BCUT2D eigenvalue weighted by atomic mass is 10.0. The highest BCUT2D eigenvalue weighted by Crippen LogP contribution is 2.18. The van der Waals surface area contributed by atoms with Crippen LogP contribution in [0.25, 0.3) is 0 Å². The predicted octanol–water partition coefficient (Wildman–Crippen LogP) is 23.1. The Morgan fingerprint density at radius 1 is 0.260 bits per heavy atom. The molecule has 0 heterocycles. The van der Waals surface area contributed by atoms with Gasteiger partial charge in [-0.05, 0) is 83.5 Å². The van der Waals surface area contributed by atoms with Crippen LogP contribution in [0.4, 0.5) is 0 Å². The molecule has 1 unspecified atom stereocenters. The van der Waals surface area contributed by atoms with Gasteiger partial charge in [-0.1, -0.05) is 313 Å². The van der Waals surface area contributed by atoms with Gasteiger partial charge in [0.05, 0.1) is 0 Å². The van der Waals surface area contributed by atoms with Crippen molar-refractivity contribution in [3.8, 4) is 0 Å². The van der Waals surface area contributed by atoms with Crippen LogP contribution in [0.1, 0.15) is 355 Å². The van der Waals surface area contributed by atoms with Gasteiger partial charge >= 0.3 is 17.9 Å². The number of ether oxygens (including phenoxy) is 3. The summed E-state index contributed by atoms with van der Waals surface area (Å²) >= 11 is 0. The molecule has 0 rings (SSSR count). The Labute approximate surface area is 479 Å². The lowest BCUT2D eigenvalue weighted by molar-refractivity contribution is -0.167. The normalized spacial score (nSPS) is 12.4. The topological polar surface area (TPSA) is 78.9 Å². The number of esters is 3. The Kier molecular flexibility index (Phi) is 63.2. The molecule has 448 valence electrons. The Balaban J connectivity index is 4.09. The number of hydrogen-bond acceptors (Lipinski definition) is 6. The first-order valence-corrected chi connectivity index (χ1v) is 33.8. The fourth-order valence-corrected chi connectivity index (χ4v) is 9.90. The second-order valence-electron chi connectivity index (χ2n) is 22.7. The van der Waals surface area contributed by atoms with Crippen LogP contribution < -0.4 is 0 Å². The monoisotopic (exact) mass is 1080 g/mol. The van der Waals surface area contributed by atoms with E-state index in [1.54, 1.807) is 0 Å². The van der Waals surface area contributed by atoms with Crippen LogP contribution in [-0.2, 0) is 28.6 Å². The second-order valence-corrected chi connectivity index (χ2v) is 22.7. The Bertz CT molecular complexity index is 1380. The lowest BCUT2D eigenvalue weighted by Crippen LogP contribution is -2.30. The fourth-order valence-electron chi connectivity index (χ4n) is 9.90. The van der Waals surface area contributed by atoms with Gasteiger partial charge in [-0.25, -0.2) is 0 Å². The molecule has 0 saturated heterocycles. The van der Waals surface area contributed by atoms with Gasteiger partial charge in [0.1, 0.15) is 13.2 Å². The number of carbonyl (C=O) groups is 3. The third-order valence-electron chi connectivity index (χ3n) is 15.0. The van der Waals surface area contributed by atoms with Gasteiger partial charge in [-0.3, -0.25) is 14.4 Å². The second kappa shape index (κ2) is 65.6. The Hall–Kier alpha value is -2.89. The van der Waals surface area contributed by atoms with Crippen molar-refractivity contribution in [3.63, 3.8) is 0 Å². The first-order valence-electron chi connectivity index (χ1n) is 33.8. The van der Waals surface area contributed by atoms with Crippen molar-refractivity contribution >= 4 is 17.9 Å². The molecule has 0 aromatic rings. The molecule has 0 N–H and O–H groups in total. The molecule has 0 aliphatic carbocycles. The standard InChI is InChI=1S/C71H128O6/c1-4-7-10-13-16-19-22-25-26-27-28-29-30-31-32-33-34-35-36-37-38-39-40-41-42-43-44-47-49-52-55-58-61-64-70(73)76-67-68(77-71(74)65-62-59-56-53-50-46-24-21-18-15-12-9-6-3)66-75-69(72)63-60-57-54-51-48-45-23-20-17-14-11-8-5-2/h12,15,21-22,24-25,27-28,30-31,68H,4-11,13-14,16-20,23,26,29,32-67H2,1-3H3/b15-12-,24-21-,25-22-,28-27-,31-30-. The minimum Gasteiger partial charge on any atom is -0.462 e. The third kappa shape index (κ3) is 63.8. The summed E-state index contributed by atoms with van der Waals surface area (Å²) in [5.74, 6) is -0.871. The zero-order valence-electron chi connectivity index (χ0n) is 51.5. The van der Waals surface area contributed by atoms with E-state index in [1.165, 1.54) is 212 Å². The SMILES string of the molecule is CCC/C=C\C/C=C\CCCCCCCC(=O)OC(COC(=O)CCCCCCCCCCCCCCC)COC(=O)CCCCCCCCCCCCCCCCCCCC/C=C\C/C=C\C/C=C\CCCCCCC. The molecule has 77 heavy (non-hydrogen) atoms. The van der Waals surface area contributed by atoms with Crippen molar-refractivity contribution in [2.45, 2.75) is 361 Å². The lowest BCUT2D eigenvalue weighted by Gasteiger charge is -2.18. The molecule has 0 aliphatic heterocycles. The van der Waals surface area contributed by atoms with Crippen molar-refractivity contribution in [1.29, 1.82) is 0 Å². The molecule has 1 atom stereocenters. The number of unbranched alkanes of at least 4 members (excludes halogenated alkanes) is 41. The van der Waals surface area contributed by atoms with Crippen LogP contribution in [0.3, 0.4) is 0 Å². The van der Waals surface area contributed by atoms with Gasteiger partial charge in [0.15, 0.2) is 6.10 Å². The summed E-state index contributed by atoms with van der Waals surface area (Å²) in [6.45, 7) is 6.59. The van der Waals surface area contributed by atoms with E-state index in [-0.39, 0.29) is 31.1 Å². The number of allylic oxidation sites excluding steroid dienone is 10. The maximum absolute atomic E-state index is 12.9. The summed E-state index contributed by atoms with van der Waals surface area (Å²) in [6, 6.07) is 0. The number of carbonyl (C=O) groups excluding carboxylic acids is 3. The largest absolute Gasteiger partial charge is 0.462 e. The highest BCUT2D eigenvalue weighted by molar-refractivity contribution is 5.71. The predicted molar refractivity (Wildman–Crippen MR) is 335 cm³/mol. The minimum atomic E-state index is -0.778. The van der Waals surface area contributed by atoms with E-state index in [0.717, 1.165) is 103 Å². The molecule has 0 saturated carbocycles. The third-order valence-corrected chi connectivity index (χ3v) is 15.0. The molecule has 0 bridgehead atoms. The minimum absolute atomic E-state index is 0.0751. The highest BCUT2D eigenvalue weighted by atomic mass is 16.6. The first kappa shape index (κ1) is 74.1. The Morgan fingerprint density at radius 2 is 0.494 bits per heavy atom. The molecule has 0 aromatic heterocycles. The van der Waals surface area contributed by atoms with Crippen molar-refractivity contribution in [1.82, 2.24) is 0 Å². The quantitative estimate of drug-likeness (QED) is 0.0261.